The first-order valence-electron chi connectivity index (χ1n) is 23.5. The fraction of sp³-hybridized carbons (Fsp3) is 0.936. The number of hydrogen-bond donors (Lipinski definition) is 0. The maximum absolute atomic E-state index is 12.7. The van der Waals surface area contributed by atoms with Crippen LogP contribution >= 0.6 is 0 Å². The SMILES string of the molecule is CCCCCCCCCCCCCCCCC(=O)OC[C@H](COC(=O)CCCCCCCCCCCCCC)OC(=O)CCCCCCCCCCC. The lowest BCUT2D eigenvalue weighted by atomic mass is 10.0. The van der Waals surface area contributed by atoms with E-state index in [0.29, 0.717) is 19.3 Å². The van der Waals surface area contributed by atoms with E-state index in [9.17, 15) is 14.4 Å². The zero-order valence-electron chi connectivity index (χ0n) is 35.8. The molecule has 0 amide bonds. The molecule has 0 aliphatic heterocycles. The average molecular weight is 751 g/mol. The Labute approximate surface area is 329 Å². The molecule has 53 heavy (non-hydrogen) atoms. The van der Waals surface area contributed by atoms with Crippen molar-refractivity contribution in [2.24, 2.45) is 0 Å². The number of hydrogen-bond acceptors (Lipinski definition) is 6. The number of carbonyl (C=O) groups excluding carboxylic acids is 3. The van der Waals surface area contributed by atoms with E-state index < -0.39 is 6.10 Å². The molecule has 0 aliphatic carbocycles. The van der Waals surface area contributed by atoms with Crippen LogP contribution in [0, 0.1) is 0 Å². The van der Waals surface area contributed by atoms with Crippen LogP contribution in [0.5, 0.6) is 0 Å². The van der Waals surface area contributed by atoms with Gasteiger partial charge in [0.25, 0.3) is 0 Å². The van der Waals surface area contributed by atoms with Gasteiger partial charge in [0.2, 0.25) is 0 Å². The molecule has 0 unspecified atom stereocenters. The molecule has 0 N–H and O–H groups in total. The summed E-state index contributed by atoms with van der Waals surface area (Å²) in [4.78, 5) is 37.7. The van der Waals surface area contributed by atoms with E-state index in [-0.39, 0.29) is 31.1 Å². The van der Waals surface area contributed by atoms with Crippen molar-refractivity contribution in [3.63, 3.8) is 0 Å². The molecule has 314 valence electrons. The van der Waals surface area contributed by atoms with Crippen molar-refractivity contribution in [2.75, 3.05) is 13.2 Å². The number of carbonyl (C=O) groups is 3. The van der Waals surface area contributed by atoms with Crippen molar-refractivity contribution < 1.29 is 28.6 Å². The smallest absolute Gasteiger partial charge is 0.306 e. The lowest BCUT2D eigenvalue weighted by molar-refractivity contribution is -0.167. The van der Waals surface area contributed by atoms with Crippen molar-refractivity contribution in [3.8, 4) is 0 Å². The molecule has 6 heteroatoms. The normalized spacial score (nSPS) is 11.8. The summed E-state index contributed by atoms with van der Waals surface area (Å²) >= 11 is 0. The second-order valence-corrected chi connectivity index (χ2v) is 16.0. The standard InChI is InChI=1S/C47H90O6/c1-4-7-10-13-16-19-21-23-24-26-29-31-34-37-40-46(49)52-43-44(53-47(50)41-38-35-32-27-18-15-12-9-6-3)42-51-45(48)39-36-33-30-28-25-22-20-17-14-11-8-5-2/h44H,4-43H2,1-3H3/t44-/m0/s1. The molecule has 0 aromatic carbocycles. The second-order valence-electron chi connectivity index (χ2n) is 16.0. The quantitative estimate of drug-likeness (QED) is 0.0351. The molecular weight excluding hydrogens is 661 g/mol. The summed E-state index contributed by atoms with van der Waals surface area (Å²) in [5.74, 6) is -0.851. The molecule has 0 saturated heterocycles. The van der Waals surface area contributed by atoms with Gasteiger partial charge in [0.05, 0.1) is 0 Å². The maximum atomic E-state index is 12.7. The number of ether oxygens (including phenoxy) is 3. The Morgan fingerprint density at radius 3 is 0.755 bits per heavy atom. The predicted octanol–water partition coefficient (Wildman–Crippen LogP) is 14.9. The van der Waals surface area contributed by atoms with Gasteiger partial charge >= 0.3 is 17.9 Å². The van der Waals surface area contributed by atoms with Crippen LogP contribution in [-0.2, 0) is 28.6 Å². The molecule has 1 atom stereocenters. The Morgan fingerprint density at radius 2 is 0.509 bits per heavy atom. The van der Waals surface area contributed by atoms with E-state index >= 15 is 0 Å². The highest BCUT2D eigenvalue weighted by Crippen LogP contribution is 2.16. The Balaban J connectivity index is 4.27. The molecule has 0 radical (unpaired) electrons. The second kappa shape index (κ2) is 43.1. The molecule has 0 aliphatic rings. The van der Waals surface area contributed by atoms with Crippen molar-refractivity contribution in [3.05, 3.63) is 0 Å². The highest BCUT2D eigenvalue weighted by atomic mass is 16.6. The first kappa shape index (κ1) is 51.4. The molecule has 0 saturated carbocycles. The van der Waals surface area contributed by atoms with Crippen LogP contribution in [0.1, 0.15) is 265 Å². The maximum Gasteiger partial charge on any atom is 0.306 e. The van der Waals surface area contributed by atoms with Gasteiger partial charge in [-0.1, -0.05) is 226 Å². The fourth-order valence-electron chi connectivity index (χ4n) is 7.03. The molecule has 0 fully saturated rings. The number of rotatable bonds is 43. The summed E-state index contributed by atoms with van der Waals surface area (Å²) in [5.41, 5.74) is 0. The van der Waals surface area contributed by atoms with Crippen molar-refractivity contribution in [1.82, 2.24) is 0 Å². The minimum atomic E-state index is -0.757. The van der Waals surface area contributed by atoms with Gasteiger partial charge in [-0.15, -0.1) is 0 Å². The van der Waals surface area contributed by atoms with Gasteiger partial charge in [-0.25, -0.2) is 0 Å². The van der Waals surface area contributed by atoms with E-state index in [1.165, 1.54) is 167 Å². The Kier molecular flexibility index (Phi) is 41.8. The van der Waals surface area contributed by atoms with Crippen molar-refractivity contribution in [2.45, 2.75) is 271 Å². The average Bonchev–Trinajstić information content (AvgIpc) is 3.15. The van der Waals surface area contributed by atoms with Crippen LogP contribution in [0.15, 0.2) is 0 Å². The van der Waals surface area contributed by atoms with Gasteiger partial charge in [-0.05, 0) is 19.3 Å². The lowest BCUT2D eigenvalue weighted by Gasteiger charge is -2.18. The van der Waals surface area contributed by atoms with E-state index in [1.807, 2.05) is 0 Å². The lowest BCUT2D eigenvalue weighted by Crippen LogP contribution is -2.30. The number of esters is 3. The molecule has 6 nitrogen and oxygen atoms in total. The van der Waals surface area contributed by atoms with E-state index in [1.54, 1.807) is 0 Å². The van der Waals surface area contributed by atoms with Gasteiger partial charge in [-0.2, -0.15) is 0 Å². The first-order chi connectivity index (χ1) is 26.0. The van der Waals surface area contributed by atoms with Crippen LogP contribution in [0.3, 0.4) is 0 Å². The summed E-state index contributed by atoms with van der Waals surface area (Å²) in [6.45, 7) is 6.64. The van der Waals surface area contributed by atoms with Gasteiger partial charge in [-0.3, -0.25) is 14.4 Å². The van der Waals surface area contributed by atoms with E-state index in [2.05, 4.69) is 20.8 Å². The Bertz CT molecular complexity index is 783. The van der Waals surface area contributed by atoms with E-state index in [0.717, 1.165) is 57.8 Å². The van der Waals surface area contributed by atoms with Crippen LogP contribution in [0.4, 0.5) is 0 Å². The largest absolute Gasteiger partial charge is 0.462 e. The summed E-state index contributed by atoms with van der Waals surface area (Å²) in [6.07, 6.45) is 43.7. The molecule has 0 bridgehead atoms. The summed E-state index contributed by atoms with van der Waals surface area (Å²) < 4.78 is 16.7. The Morgan fingerprint density at radius 1 is 0.302 bits per heavy atom. The predicted molar refractivity (Wildman–Crippen MR) is 224 cm³/mol. The zero-order chi connectivity index (χ0) is 38.7. The van der Waals surface area contributed by atoms with E-state index in [4.69, 9.17) is 14.2 Å². The van der Waals surface area contributed by atoms with Gasteiger partial charge in [0.1, 0.15) is 13.2 Å². The van der Waals surface area contributed by atoms with Crippen molar-refractivity contribution in [1.29, 1.82) is 0 Å². The van der Waals surface area contributed by atoms with Gasteiger partial charge < -0.3 is 14.2 Å². The minimum absolute atomic E-state index is 0.0627. The fourth-order valence-corrected chi connectivity index (χ4v) is 7.03. The number of unbranched alkanes of at least 4 members (excludes halogenated alkanes) is 32. The minimum Gasteiger partial charge on any atom is -0.462 e. The third kappa shape index (κ3) is 41.4. The van der Waals surface area contributed by atoms with Crippen LogP contribution in [-0.4, -0.2) is 37.2 Å². The highest BCUT2D eigenvalue weighted by Gasteiger charge is 2.19. The summed E-state index contributed by atoms with van der Waals surface area (Å²) in [6, 6.07) is 0. The monoisotopic (exact) mass is 751 g/mol. The molecule has 0 spiro atoms. The van der Waals surface area contributed by atoms with Crippen molar-refractivity contribution >= 4 is 17.9 Å². The Hall–Kier alpha value is -1.59. The molecule has 0 rings (SSSR count). The van der Waals surface area contributed by atoms with Crippen LogP contribution in [0.25, 0.3) is 0 Å². The summed E-state index contributed by atoms with van der Waals surface area (Å²) in [7, 11) is 0. The van der Waals surface area contributed by atoms with Crippen LogP contribution in [0.2, 0.25) is 0 Å². The molecule has 0 heterocycles. The molecule has 0 aromatic heterocycles. The zero-order valence-corrected chi connectivity index (χ0v) is 35.8. The third-order valence-electron chi connectivity index (χ3n) is 10.6. The third-order valence-corrected chi connectivity index (χ3v) is 10.6. The first-order valence-corrected chi connectivity index (χ1v) is 23.5. The van der Waals surface area contributed by atoms with Gasteiger partial charge in [0, 0.05) is 19.3 Å². The highest BCUT2D eigenvalue weighted by molar-refractivity contribution is 5.71. The topological polar surface area (TPSA) is 78.9 Å². The molecule has 0 aromatic rings. The van der Waals surface area contributed by atoms with Crippen LogP contribution < -0.4 is 0 Å². The van der Waals surface area contributed by atoms with Gasteiger partial charge in [0.15, 0.2) is 6.10 Å². The molecular formula is C47H90O6. The summed E-state index contributed by atoms with van der Waals surface area (Å²) in [5, 5.41) is 0.